The molecule has 0 aromatic heterocycles. The molecular formula is C17H25N3O3S2. The van der Waals surface area contributed by atoms with Crippen LogP contribution in [0, 0.1) is 0 Å². The lowest BCUT2D eigenvalue weighted by Gasteiger charge is -2.16. The first-order valence-corrected chi connectivity index (χ1v) is 10.5. The SMILES string of the molecule is CCCCCC(=O)NC(=S)Nc1ccc(S(=O)(=O)N2CCCC2)cc1. The van der Waals surface area contributed by atoms with E-state index in [0.29, 0.717) is 25.2 Å². The van der Waals surface area contributed by atoms with Crippen molar-refractivity contribution >= 4 is 38.9 Å². The van der Waals surface area contributed by atoms with Crippen molar-refractivity contribution in [3.63, 3.8) is 0 Å². The number of nitrogens with zero attached hydrogens (tertiary/aromatic N) is 1. The lowest BCUT2D eigenvalue weighted by molar-refractivity contribution is -0.119. The van der Waals surface area contributed by atoms with Crippen molar-refractivity contribution in [3.8, 4) is 0 Å². The normalized spacial score (nSPS) is 15.1. The third kappa shape index (κ3) is 5.76. The lowest BCUT2D eigenvalue weighted by Crippen LogP contribution is -2.33. The van der Waals surface area contributed by atoms with Crippen molar-refractivity contribution in [1.82, 2.24) is 9.62 Å². The molecule has 0 saturated carbocycles. The molecule has 0 unspecified atom stereocenters. The molecule has 1 aromatic carbocycles. The zero-order chi connectivity index (χ0) is 18.3. The average molecular weight is 384 g/mol. The van der Waals surface area contributed by atoms with Gasteiger partial charge in [0.25, 0.3) is 0 Å². The Labute approximate surface area is 155 Å². The molecule has 1 saturated heterocycles. The highest BCUT2D eigenvalue weighted by molar-refractivity contribution is 7.89. The van der Waals surface area contributed by atoms with Crippen LogP contribution in [0.25, 0.3) is 0 Å². The summed E-state index contributed by atoms with van der Waals surface area (Å²) in [6, 6.07) is 6.42. The minimum Gasteiger partial charge on any atom is -0.332 e. The van der Waals surface area contributed by atoms with Crippen LogP contribution >= 0.6 is 12.2 Å². The van der Waals surface area contributed by atoms with Gasteiger partial charge in [-0.2, -0.15) is 4.31 Å². The molecule has 0 spiro atoms. The molecule has 1 aromatic rings. The molecule has 6 nitrogen and oxygen atoms in total. The van der Waals surface area contributed by atoms with E-state index in [1.165, 1.54) is 4.31 Å². The van der Waals surface area contributed by atoms with Gasteiger partial charge in [-0.25, -0.2) is 8.42 Å². The van der Waals surface area contributed by atoms with E-state index in [0.717, 1.165) is 32.1 Å². The summed E-state index contributed by atoms with van der Waals surface area (Å²) in [5.74, 6) is -0.112. The molecule has 8 heteroatoms. The number of sulfonamides is 1. The fourth-order valence-electron chi connectivity index (χ4n) is 2.67. The van der Waals surface area contributed by atoms with Gasteiger partial charge in [0, 0.05) is 25.2 Å². The molecule has 0 atom stereocenters. The Kier molecular flexibility index (Phi) is 7.34. The summed E-state index contributed by atoms with van der Waals surface area (Å²) in [6.07, 6.45) is 5.18. The number of unbranched alkanes of at least 4 members (excludes halogenated alkanes) is 2. The van der Waals surface area contributed by atoms with Gasteiger partial charge in [-0.15, -0.1) is 0 Å². The van der Waals surface area contributed by atoms with Crippen LogP contribution in [0.2, 0.25) is 0 Å². The minimum absolute atomic E-state index is 0.112. The molecule has 1 aliphatic heterocycles. The quantitative estimate of drug-likeness (QED) is 0.559. The standard InChI is InChI=1S/C17H25N3O3S2/c1-2-3-4-7-16(21)19-17(24)18-14-8-10-15(11-9-14)25(22,23)20-12-5-6-13-20/h8-11H,2-7,12-13H2,1H3,(H2,18,19,21,24). The molecule has 138 valence electrons. The fourth-order valence-corrected chi connectivity index (χ4v) is 4.42. The monoisotopic (exact) mass is 383 g/mol. The number of carbonyl (C=O) groups excluding carboxylic acids is 1. The molecule has 0 radical (unpaired) electrons. The molecule has 25 heavy (non-hydrogen) atoms. The molecule has 0 bridgehead atoms. The lowest BCUT2D eigenvalue weighted by atomic mass is 10.2. The van der Waals surface area contributed by atoms with E-state index in [1.54, 1.807) is 24.3 Å². The number of rotatable bonds is 7. The largest absolute Gasteiger partial charge is 0.332 e. The van der Waals surface area contributed by atoms with Crippen LogP contribution in [0.3, 0.4) is 0 Å². The first-order valence-electron chi connectivity index (χ1n) is 8.64. The predicted molar refractivity (Wildman–Crippen MR) is 103 cm³/mol. The van der Waals surface area contributed by atoms with Crippen LogP contribution in [-0.2, 0) is 14.8 Å². The summed E-state index contributed by atoms with van der Waals surface area (Å²) in [5, 5.41) is 5.75. The van der Waals surface area contributed by atoms with Crippen molar-refractivity contribution in [2.75, 3.05) is 18.4 Å². The topological polar surface area (TPSA) is 78.5 Å². The Morgan fingerprint density at radius 3 is 2.40 bits per heavy atom. The van der Waals surface area contributed by atoms with E-state index in [9.17, 15) is 13.2 Å². The summed E-state index contributed by atoms with van der Waals surface area (Å²) < 4.78 is 26.4. The van der Waals surface area contributed by atoms with E-state index >= 15 is 0 Å². The van der Waals surface area contributed by atoms with Gasteiger partial charge in [0.15, 0.2) is 5.11 Å². The molecule has 0 aliphatic carbocycles. The highest BCUT2D eigenvalue weighted by Gasteiger charge is 2.26. The number of carbonyl (C=O) groups is 1. The summed E-state index contributed by atoms with van der Waals surface area (Å²) in [6.45, 7) is 3.24. The van der Waals surface area contributed by atoms with Crippen molar-refractivity contribution < 1.29 is 13.2 Å². The van der Waals surface area contributed by atoms with Crippen LogP contribution < -0.4 is 10.6 Å². The van der Waals surface area contributed by atoms with Crippen LogP contribution in [0.15, 0.2) is 29.2 Å². The van der Waals surface area contributed by atoms with E-state index in [-0.39, 0.29) is 15.9 Å². The van der Waals surface area contributed by atoms with Gasteiger partial charge >= 0.3 is 0 Å². The first kappa shape index (κ1) is 19.8. The Morgan fingerprint density at radius 2 is 1.80 bits per heavy atom. The van der Waals surface area contributed by atoms with Crippen LogP contribution in [0.4, 0.5) is 5.69 Å². The smallest absolute Gasteiger partial charge is 0.243 e. The number of benzene rings is 1. The highest BCUT2D eigenvalue weighted by atomic mass is 32.2. The van der Waals surface area contributed by atoms with E-state index < -0.39 is 10.0 Å². The maximum Gasteiger partial charge on any atom is 0.243 e. The summed E-state index contributed by atoms with van der Waals surface area (Å²) in [7, 11) is -3.41. The summed E-state index contributed by atoms with van der Waals surface area (Å²) in [4.78, 5) is 12.0. The van der Waals surface area contributed by atoms with Crippen LogP contribution in [0.5, 0.6) is 0 Å². The zero-order valence-electron chi connectivity index (χ0n) is 14.5. The second-order valence-electron chi connectivity index (χ2n) is 6.09. The minimum atomic E-state index is -3.41. The van der Waals surface area contributed by atoms with E-state index in [1.807, 2.05) is 0 Å². The Balaban J connectivity index is 1.89. The number of hydrogen-bond donors (Lipinski definition) is 2. The fraction of sp³-hybridized carbons (Fsp3) is 0.529. The van der Waals surface area contributed by atoms with Crippen molar-refractivity contribution in [2.45, 2.75) is 50.3 Å². The van der Waals surface area contributed by atoms with Crippen molar-refractivity contribution in [2.24, 2.45) is 0 Å². The zero-order valence-corrected chi connectivity index (χ0v) is 16.1. The Bertz CT molecular complexity index is 696. The van der Waals surface area contributed by atoms with Gasteiger partial charge < -0.3 is 10.6 Å². The number of hydrogen-bond acceptors (Lipinski definition) is 4. The van der Waals surface area contributed by atoms with Gasteiger partial charge in [0.05, 0.1) is 4.90 Å². The van der Waals surface area contributed by atoms with Crippen molar-refractivity contribution in [1.29, 1.82) is 0 Å². The number of amides is 1. The first-order chi connectivity index (χ1) is 11.9. The van der Waals surface area contributed by atoms with E-state index in [4.69, 9.17) is 12.2 Å². The molecule has 1 aliphatic rings. The maximum absolute atomic E-state index is 12.5. The second kappa shape index (κ2) is 9.26. The molecule has 2 rings (SSSR count). The molecule has 1 amide bonds. The second-order valence-corrected chi connectivity index (χ2v) is 8.44. The van der Waals surface area contributed by atoms with Crippen LogP contribution in [-0.4, -0.2) is 36.8 Å². The number of thiocarbonyl (C=S) groups is 1. The van der Waals surface area contributed by atoms with Gasteiger partial charge in [-0.05, 0) is 55.7 Å². The number of anilines is 1. The highest BCUT2D eigenvalue weighted by Crippen LogP contribution is 2.22. The molecular weight excluding hydrogens is 358 g/mol. The third-order valence-corrected chi connectivity index (χ3v) is 6.19. The van der Waals surface area contributed by atoms with E-state index in [2.05, 4.69) is 17.6 Å². The average Bonchev–Trinajstić information content (AvgIpc) is 3.10. The van der Waals surface area contributed by atoms with Gasteiger partial charge in [-0.1, -0.05) is 19.8 Å². The Morgan fingerprint density at radius 1 is 1.16 bits per heavy atom. The maximum atomic E-state index is 12.5. The number of nitrogens with one attached hydrogen (secondary N) is 2. The van der Waals surface area contributed by atoms with Crippen LogP contribution in [0.1, 0.15) is 45.4 Å². The molecule has 1 heterocycles. The Hall–Kier alpha value is -1.51. The summed E-state index contributed by atoms with van der Waals surface area (Å²) in [5.41, 5.74) is 0.638. The van der Waals surface area contributed by atoms with Gasteiger partial charge in [-0.3, -0.25) is 4.79 Å². The third-order valence-electron chi connectivity index (χ3n) is 4.08. The predicted octanol–water partition coefficient (Wildman–Crippen LogP) is 2.86. The molecule has 1 fully saturated rings. The molecule has 2 N–H and O–H groups in total. The summed E-state index contributed by atoms with van der Waals surface area (Å²) >= 11 is 5.12. The van der Waals surface area contributed by atoms with Gasteiger partial charge in [0.1, 0.15) is 0 Å². The van der Waals surface area contributed by atoms with Crippen molar-refractivity contribution in [3.05, 3.63) is 24.3 Å². The van der Waals surface area contributed by atoms with Gasteiger partial charge in [0.2, 0.25) is 15.9 Å².